The lowest BCUT2D eigenvalue weighted by Gasteiger charge is -2.26. The number of aromatic amines is 1. The Morgan fingerprint density at radius 3 is 2.59 bits per heavy atom. The Bertz CT molecular complexity index is 1080. The predicted octanol–water partition coefficient (Wildman–Crippen LogP) is 3.29. The van der Waals surface area contributed by atoms with Gasteiger partial charge in [0.15, 0.2) is 6.20 Å². The molecule has 0 bridgehead atoms. The first-order valence-electron chi connectivity index (χ1n) is 11.1. The van der Waals surface area contributed by atoms with Gasteiger partial charge in [-0.1, -0.05) is 11.6 Å². The van der Waals surface area contributed by atoms with Gasteiger partial charge in [-0.05, 0) is 31.4 Å². The van der Waals surface area contributed by atoms with Crippen molar-refractivity contribution >= 4 is 22.5 Å². The monoisotopic (exact) mass is 458 g/mol. The molecule has 1 aliphatic rings. The molecule has 1 aliphatic heterocycles. The number of hydrogen-bond donors (Lipinski definition) is 1. The summed E-state index contributed by atoms with van der Waals surface area (Å²) >= 11 is 6.05. The predicted molar refractivity (Wildman–Crippen MR) is 123 cm³/mol. The van der Waals surface area contributed by atoms with Crippen molar-refractivity contribution in [1.29, 1.82) is 0 Å². The van der Waals surface area contributed by atoms with E-state index in [0.717, 1.165) is 62.1 Å². The lowest BCUT2D eigenvalue weighted by molar-refractivity contribution is -0.344. The first kappa shape index (κ1) is 22.6. The van der Waals surface area contributed by atoms with Gasteiger partial charge < -0.3 is 19.2 Å². The van der Waals surface area contributed by atoms with Crippen LogP contribution in [-0.2, 0) is 6.54 Å². The van der Waals surface area contributed by atoms with Gasteiger partial charge in [0.2, 0.25) is 16.7 Å². The van der Waals surface area contributed by atoms with Gasteiger partial charge in [0, 0.05) is 49.4 Å². The number of halogens is 1. The van der Waals surface area contributed by atoms with Crippen molar-refractivity contribution in [2.75, 3.05) is 39.4 Å². The van der Waals surface area contributed by atoms with E-state index in [9.17, 15) is 4.79 Å². The summed E-state index contributed by atoms with van der Waals surface area (Å²) in [4.78, 5) is 17.7. The van der Waals surface area contributed by atoms with Crippen molar-refractivity contribution in [2.45, 2.75) is 25.8 Å². The van der Waals surface area contributed by atoms with Gasteiger partial charge >= 0.3 is 0 Å². The zero-order valence-electron chi connectivity index (χ0n) is 18.1. The molecule has 0 spiro atoms. The second-order valence-corrected chi connectivity index (χ2v) is 8.33. The average Bonchev–Trinajstić information content (AvgIpc) is 2.80. The van der Waals surface area contributed by atoms with Crippen LogP contribution in [0.15, 0.2) is 52.0 Å². The zero-order valence-corrected chi connectivity index (χ0v) is 18.8. The summed E-state index contributed by atoms with van der Waals surface area (Å²) in [6, 6.07) is 9.16. The molecule has 1 aromatic carbocycles. The lowest BCUT2D eigenvalue weighted by atomic mass is 10.2. The summed E-state index contributed by atoms with van der Waals surface area (Å²) in [5, 5.41) is 5.01. The molecule has 0 amide bonds. The highest BCUT2D eigenvalue weighted by molar-refractivity contribution is 6.31. The van der Waals surface area contributed by atoms with Gasteiger partial charge in [0.25, 0.3) is 0 Å². The van der Waals surface area contributed by atoms with Crippen LogP contribution < -0.4 is 25.2 Å². The highest BCUT2D eigenvalue weighted by atomic mass is 35.5. The molecular formula is C24H29ClN3O4+. The number of rotatable bonds is 10. The Morgan fingerprint density at radius 2 is 1.81 bits per heavy atom. The van der Waals surface area contributed by atoms with Crippen LogP contribution in [-0.4, -0.2) is 44.3 Å². The summed E-state index contributed by atoms with van der Waals surface area (Å²) in [5.74, 6) is 1.79. The normalized spacial score (nSPS) is 14.5. The van der Waals surface area contributed by atoms with Crippen LogP contribution in [0, 0.1) is 0 Å². The van der Waals surface area contributed by atoms with Crippen molar-refractivity contribution in [2.24, 2.45) is 0 Å². The van der Waals surface area contributed by atoms with E-state index in [1.54, 1.807) is 6.07 Å². The van der Waals surface area contributed by atoms with Gasteiger partial charge in [-0.25, -0.2) is 4.98 Å². The van der Waals surface area contributed by atoms with E-state index < -0.39 is 0 Å². The minimum Gasteiger partial charge on any atom is -0.492 e. The minimum absolute atomic E-state index is 0.127. The van der Waals surface area contributed by atoms with Gasteiger partial charge in [-0.15, -0.1) is 0 Å². The molecule has 0 saturated carbocycles. The molecule has 32 heavy (non-hydrogen) atoms. The van der Waals surface area contributed by atoms with Crippen molar-refractivity contribution in [1.82, 2.24) is 10.2 Å². The molecule has 0 radical (unpaired) electrons. The Balaban J connectivity index is 1.16. The van der Waals surface area contributed by atoms with Crippen LogP contribution in [0.2, 0.25) is 5.02 Å². The summed E-state index contributed by atoms with van der Waals surface area (Å²) < 4.78 is 17.2. The summed E-state index contributed by atoms with van der Waals surface area (Å²) in [6.45, 7) is 5.59. The van der Waals surface area contributed by atoms with Gasteiger partial charge in [-0.3, -0.25) is 9.69 Å². The molecule has 1 saturated heterocycles. The average molecular weight is 459 g/mol. The smallest absolute Gasteiger partial charge is 0.227 e. The van der Waals surface area contributed by atoms with Crippen LogP contribution in [0.5, 0.6) is 11.5 Å². The Kier molecular flexibility index (Phi) is 7.98. The molecule has 170 valence electrons. The Hall–Kier alpha value is -2.61. The fourth-order valence-electron chi connectivity index (χ4n) is 3.74. The Morgan fingerprint density at radius 1 is 1.03 bits per heavy atom. The highest BCUT2D eigenvalue weighted by Gasteiger charge is 2.13. The van der Waals surface area contributed by atoms with Crippen LogP contribution in [0.4, 0.5) is 0 Å². The largest absolute Gasteiger partial charge is 0.492 e. The van der Waals surface area contributed by atoms with Crippen molar-refractivity contribution in [3.05, 3.63) is 63.8 Å². The van der Waals surface area contributed by atoms with Crippen LogP contribution >= 0.6 is 11.6 Å². The van der Waals surface area contributed by atoms with E-state index in [2.05, 4.69) is 15.2 Å². The molecule has 4 rings (SSSR count). The molecule has 1 fully saturated rings. The maximum absolute atomic E-state index is 12.3. The number of hydrogen-bond acceptors (Lipinski definition) is 6. The third-order valence-corrected chi connectivity index (χ3v) is 5.70. The van der Waals surface area contributed by atoms with E-state index in [-0.39, 0.29) is 11.2 Å². The number of ether oxygens (including phenoxy) is 2. The van der Waals surface area contributed by atoms with E-state index >= 15 is 0 Å². The third-order valence-electron chi connectivity index (χ3n) is 5.47. The number of unbranched alkanes of at least 4 members (excludes halogenated alkanes) is 2. The topological polar surface area (TPSA) is 78.1 Å². The van der Waals surface area contributed by atoms with E-state index in [0.29, 0.717) is 30.5 Å². The van der Waals surface area contributed by atoms with Gasteiger partial charge in [0.1, 0.15) is 17.8 Å². The third kappa shape index (κ3) is 6.22. The number of piperazine rings is 1. The van der Waals surface area contributed by atoms with Crippen LogP contribution in [0.1, 0.15) is 25.0 Å². The zero-order chi connectivity index (χ0) is 22.2. The fraction of sp³-hybridized carbons (Fsp3) is 0.417. The fourth-order valence-corrected chi connectivity index (χ4v) is 3.91. The number of nitrogens with one attached hydrogen (secondary N) is 2. The molecule has 3 aromatic rings. The first-order valence-corrected chi connectivity index (χ1v) is 11.5. The molecule has 0 unspecified atom stereocenters. The Labute approximate surface area is 192 Å². The molecular weight excluding hydrogens is 430 g/mol. The van der Waals surface area contributed by atoms with Crippen molar-refractivity contribution in [3.63, 3.8) is 0 Å². The molecule has 3 heterocycles. The van der Waals surface area contributed by atoms with E-state index in [1.807, 2.05) is 30.5 Å². The van der Waals surface area contributed by atoms with E-state index in [1.165, 1.54) is 6.26 Å². The second-order valence-electron chi connectivity index (χ2n) is 7.89. The number of nitrogens with zero attached hydrogens (tertiary/aromatic N) is 1. The number of benzene rings is 1. The quantitative estimate of drug-likeness (QED) is 0.470. The number of pyridine rings is 1. The highest BCUT2D eigenvalue weighted by Crippen LogP contribution is 2.24. The number of fused-ring (bicyclic) bond motifs is 1. The lowest BCUT2D eigenvalue weighted by Crippen LogP contribution is -2.42. The first-order chi connectivity index (χ1) is 15.7. The van der Waals surface area contributed by atoms with Crippen molar-refractivity contribution in [3.8, 4) is 11.5 Å². The summed E-state index contributed by atoms with van der Waals surface area (Å²) in [7, 11) is 0. The van der Waals surface area contributed by atoms with Gasteiger partial charge in [0.05, 0.1) is 25.1 Å². The minimum atomic E-state index is -0.127. The molecule has 2 aromatic heterocycles. The standard InChI is InChI=1S/C24H28ClN3O4/c25-18-4-5-20-21(14-18)27-7-6-23(20)30-12-2-1-3-13-31-24-17-32-19(15-22(24)29)16-28-10-8-26-9-11-28/h4-7,14-15,17,26H,1-3,8-13,16H2/p+1. The molecule has 0 aliphatic carbocycles. The van der Waals surface area contributed by atoms with Crippen molar-refractivity contribution < 1.29 is 18.9 Å². The molecule has 7 nitrogen and oxygen atoms in total. The van der Waals surface area contributed by atoms with Crippen LogP contribution in [0.25, 0.3) is 10.9 Å². The maximum atomic E-state index is 12.3. The van der Waals surface area contributed by atoms with E-state index in [4.69, 9.17) is 25.5 Å². The molecule has 0 atom stereocenters. The summed E-state index contributed by atoms with van der Waals surface area (Å²) in [5.41, 5.74) is 0.818. The van der Waals surface area contributed by atoms with Crippen LogP contribution in [0.3, 0.4) is 0 Å². The second kappa shape index (κ2) is 11.3. The molecule has 2 N–H and O–H groups in total. The number of aromatic nitrogens is 1. The number of H-pyrrole nitrogens is 1. The maximum Gasteiger partial charge on any atom is 0.227 e. The SMILES string of the molecule is O=c1cc(CN2CCNCC2)occ1OCCCCCOc1cc[nH+]c2cc(Cl)ccc12. The molecule has 8 heteroatoms. The summed E-state index contributed by atoms with van der Waals surface area (Å²) in [6.07, 6.45) is 5.96. The van der Waals surface area contributed by atoms with Gasteiger partial charge in [-0.2, -0.15) is 0 Å².